The molecule has 1 aromatic rings. The summed E-state index contributed by atoms with van der Waals surface area (Å²) in [4.78, 5) is 0. The molecule has 0 aromatic heterocycles. The van der Waals surface area contributed by atoms with Crippen molar-refractivity contribution in [1.82, 2.24) is 0 Å². The Morgan fingerprint density at radius 3 is 2.70 bits per heavy atom. The summed E-state index contributed by atoms with van der Waals surface area (Å²) in [6.45, 7) is 5.08. The van der Waals surface area contributed by atoms with Crippen LogP contribution in [0.2, 0.25) is 0 Å². The van der Waals surface area contributed by atoms with Gasteiger partial charge in [-0.05, 0) is 37.3 Å². The number of hydrogen-bond acceptors (Lipinski definition) is 4. The zero-order valence-electron chi connectivity index (χ0n) is 14.1. The van der Waals surface area contributed by atoms with Crippen LogP contribution in [0.4, 0.5) is 5.69 Å². The first-order chi connectivity index (χ1) is 11.2. The number of ether oxygens (including phenoxy) is 2. The molecule has 1 heterocycles. The summed E-state index contributed by atoms with van der Waals surface area (Å²) in [7, 11) is 0. The van der Waals surface area contributed by atoms with Gasteiger partial charge in [-0.2, -0.15) is 0 Å². The van der Waals surface area contributed by atoms with E-state index in [4.69, 9.17) is 9.47 Å². The van der Waals surface area contributed by atoms with Gasteiger partial charge in [0.25, 0.3) is 0 Å². The van der Waals surface area contributed by atoms with Crippen molar-refractivity contribution in [2.24, 2.45) is 11.3 Å². The highest BCUT2D eigenvalue weighted by Crippen LogP contribution is 2.30. The van der Waals surface area contributed by atoms with Gasteiger partial charge in [-0.25, -0.2) is 0 Å². The van der Waals surface area contributed by atoms with Crippen LogP contribution < -0.4 is 10.1 Å². The van der Waals surface area contributed by atoms with E-state index in [1.165, 1.54) is 37.7 Å². The predicted octanol–water partition coefficient (Wildman–Crippen LogP) is 3.37. The van der Waals surface area contributed by atoms with Gasteiger partial charge in [0.15, 0.2) is 0 Å². The van der Waals surface area contributed by atoms with Crippen LogP contribution in [0.15, 0.2) is 18.2 Å². The van der Waals surface area contributed by atoms with Crippen LogP contribution in [0.5, 0.6) is 5.75 Å². The van der Waals surface area contributed by atoms with Gasteiger partial charge in [0.05, 0.1) is 31.8 Å². The number of aryl methyl sites for hydroxylation is 1. The topological polar surface area (TPSA) is 50.7 Å². The average Bonchev–Trinajstić information content (AvgIpc) is 2.55. The third-order valence-corrected chi connectivity index (χ3v) is 5.21. The number of rotatable bonds is 7. The summed E-state index contributed by atoms with van der Waals surface area (Å²) in [5.41, 5.74) is 2.11. The second kappa shape index (κ2) is 7.54. The van der Waals surface area contributed by atoms with Gasteiger partial charge < -0.3 is 19.9 Å². The Bertz CT molecular complexity index is 502. The van der Waals surface area contributed by atoms with Gasteiger partial charge in [-0.15, -0.1) is 0 Å². The van der Waals surface area contributed by atoms with Crippen molar-refractivity contribution >= 4 is 5.69 Å². The first-order valence-corrected chi connectivity index (χ1v) is 8.87. The molecule has 128 valence electrons. The van der Waals surface area contributed by atoms with Crippen molar-refractivity contribution in [3.8, 4) is 5.75 Å². The molecular formula is C19H29NO3. The Morgan fingerprint density at radius 2 is 2.04 bits per heavy atom. The Hall–Kier alpha value is -1.26. The van der Waals surface area contributed by atoms with Crippen LogP contribution in [0.1, 0.15) is 37.7 Å². The molecule has 4 nitrogen and oxygen atoms in total. The van der Waals surface area contributed by atoms with Crippen LogP contribution in [0.3, 0.4) is 0 Å². The van der Waals surface area contributed by atoms with E-state index in [1.807, 2.05) is 0 Å². The minimum Gasteiger partial charge on any atom is -0.493 e. The van der Waals surface area contributed by atoms with Gasteiger partial charge >= 0.3 is 0 Å². The highest BCUT2D eigenvalue weighted by Gasteiger charge is 2.37. The van der Waals surface area contributed by atoms with Crippen molar-refractivity contribution in [3.05, 3.63) is 23.8 Å². The number of aliphatic hydroxyl groups is 1. The average molecular weight is 319 g/mol. The maximum Gasteiger partial charge on any atom is 0.124 e. The fraction of sp³-hybridized carbons (Fsp3) is 0.684. The molecule has 0 spiro atoms. The summed E-state index contributed by atoms with van der Waals surface area (Å²) in [5.74, 6) is 1.69. The lowest BCUT2D eigenvalue weighted by Crippen LogP contribution is -2.50. The summed E-state index contributed by atoms with van der Waals surface area (Å²) < 4.78 is 11.3. The molecule has 2 fully saturated rings. The SMILES string of the molecule is Cc1ccc(NCC2(CO)COC2)cc1OCC1CCCCC1. The molecule has 2 N–H and O–H groups in total. The van der Waals surface area contributed by atoms with Crippen molar-refractivity contribution in [2.75, 3.05) is 38.3 Å². The first kappa shape index (κ1) is 16.6. The van der Waals surface area contributed by atoms with Crippen LogP contribution in [0, 0.1) is 18.3 Å². The molecule has 0 atom stereocenters. The molecule has 23 heavy (non-hydrogen) atoms. The van der Waals surface area contributed by atoms with E-state index < -0.39 is 0 Å². The summed E-state index contributed by atoms with van der Waals surface area (Å²) in [6.07, 6.45) is 6.68. The molecule has 2 aliphatic rings. The van der Waals surface area contributed by atoms with Gasteiger partial charge in [0.2, 0.25) is 0 Å². The van der Waals surface area contributed by atoms with E-state index in [1.54, 1.807) is 0 Å². The number of hydrogen-bond donors (Lipinski definition) is 2. The molecule has 1 aromatic carbocycles. The van der Waals surface area contributed by atoms with Crippen LogP contribution >= 0.6 is 0 Å². The smallest absolute Gasteiger partial charge is 0.124 e. The fourth-order valence-corrected chi connectivity index (χ4v) is 3.36. The number of aliphatic hydroxyl groups excluding tert-OH is 1. The lowest BCUT2D eigenvalue weighted by Gasteiger charge is -2.40. The third kappa shape index (κ3) is 4.18. The highest BCUT2D eigenvalue weighted by atomic mass is 16.5. The normalized spacial score (nSPS) is 20.8. The summed E-state index contributed by atoms with van der Waals surface area (Å²) in [6, 6.07) is 6.26. The maximum atomic E-state index is 9.50. The second-order valence-electron chi connectivity index (χ2n) is 7.30. The lowest BCUT2D eigenvalue weighted by molar-refractivity contribution is -0.128. The molecule has 0 unspecified atom stereocenters. The summed E-state index contributed by atoms with van der Waals surface area (Å²) in [5, 5.41) is 12.9. The summed E-state index contributed by atoms with van der Waals surface area (Å²) >= 11 is 0. The monoisotopic (exact) mass is 319 g/mol. The zero-order valence-corrected chi connectivity index (χ0v) is 14.1. The quantitative estimate of drug-likeness (QED) is 0.809. The largest absolute Gasteiger partial charge is 0.493 e. The van der Waals surface area contributed by atoms with E-state index in [-0.39, 0.29) is 12.0 Å². The Kier molecular flexibility index (Phi) is 5.44. The highest BCUT2D eigenvalue weighted by molar-refractivity contribution is 5.51. The van der Waals surface area contributed by atoms with Crippen LogP contribution in [-0.4, -0.2) is 38.1 Å². The van der Waals surface area contributed by atoms with Gasteiger partial charge in [0, 0.05) is 18.3 Å². The third-order valence-electron chi connectivity index (χ3n) is 5.21. The van der Waals surface area contributed by atoms with Gasteiger partial charge in [-0.1, -0.05) is 25.3 Å². The minimum atomic E-state index is -0.117. The molecular weight excluding hydrogens is 290 g/mol. The van der Waals surface area contributed by atoms with E-state index in [0.29, 0.717) is 19.1 Å². The van der Waals surface area contributed by atoms with Crippen LogP contribution in [-0.2, 0) is 4.74 Å². The molecule has 0 amide bonds. The standard InChI is InChI=1S/C19H29NO3/c1-15-7-8-17(20-11-19(12-21)13-22-14-19)9-18(15)23-10-16-5-3-2-4-6-16/h7-9,16,20-21H,2-6,10-14H2,1H3. The molecule has 1 saturated carbocycles. The fourth-order valence-electron chi connectivity index (χ4n) is 3.36. The van der Waals surface area contributed by atoms with Crippen LogP contribution in [0.25, 0.3) is 0 Å². The van der Waals surface area contributed by atoms with Crippen molar-refractivity contribution in [2.45, 2.75) is 39.0 Å². The number of benzene rings is 1. The molecule has 1 aliphatic carbocycles. The van der Waals surface area contributed by atoms with E-state index >= 15 is 0 Å². The van der Waals surface area contributed by atoms with Gasteiger partial charge in [0.1, 0.15) is 5.75 Å². The van der Waals surface area contributed by atoms with E-state index in [0.717, 1.165) is 24.6 Å². The van der Waals surface area contributed by atoms with Gasteiger partial charge in [-0.3, -0.25) is 0 Å². The number of nitrogens with one attached hydrogen (secondary N) is 1. The lowest BCUT2D eigenvalue weighted by atomic mass is 9.87. The Labute approximate surface area is 139 Å². The van der Waals surface area contributed by atoms with E-state index in [2.05, 4.69) is 30.4 Å². The molecule has 4 heteroatoms. The first-order valence-electron chi connectivity index (χ1n) is 8.87. The van der Waals surface area contributed by atoms with Crippen molar-refractivity contribution in [3.63, 3.8) is 0 Å². The van der Waals surface area contributed by atoms with E-state index in [9.17, 15) is 5.11 Å². The molecule has 1 aliphatic heterocycles. The maximum absolute atomic E-state index is 9.50. The molecule has 0 bridgehead atoms. The minimum absolute atomic E-state index is 0.117. The van der Waals surface area contributed by atoms with Crippen molar-refractivity contribution in [1.29, 1.82) is 0 Å². The Balaban J connectivity index is 1.55. The number of anilines is 1. The van der Waals surface area contributed by atoms with Crippen molar-refractivity contribution < 1.29 is 14.6 Å². The molecule has 3 rings (SSSR count). The second-order valence-corrected chi connectivity index (χ2v) is 7.30. The zero-order chi connectivity index (χ0) is 16.1. The Morgan fingerprint density at radius 1 is 1.26 bits per heavy atom. The molecule has 0 radical (unpaired) electrons. The molecule has 1 saturated heterocycles. The predicted molar refractivity (Wildman–Crippen MR) is 92.1 cm³/mol.